The number of rotatable bonds is 4. The summed E-state index contributed by atoms with van der Waals surface area (Å²) in [6.07, 6.45) is 2.78. The van der Waals surface area contributed by atoms with E-state index in [0.717, 1.165) is 18.3 Å². The molecule has 1 aromatic carbocycles. The Labute approximate surface area is 115 Å². The third-order valence-electron chi connectivity index (χ3n) is 4.83. The van der Waals surface area contributed by atoms with E-state index in [4.69, 9.17) is 4.74 Å². The van der Waals surface area contributed by atoms with Gasteiger partial charge in [-0.3, -0.25) is 4.90 Å². The van der Waals surface area contributed by atoms with Crippen LogP contribution in [0.3, 0.4) is 0 Å². The summed E-state index contributed by atoms with van der Waals surface area (Å²) in [6, 6.07) is 9.81. The van der Waals surface area contributed by atoms with Crippen LogP contribution in [0, 0.1) is 5.92 Å². The van der Waals surface area contributed by atoms with Gasteiger partial charge in [0.15, 0.2) is 0 Å². The summed E-state index contributed by atoms with van der Waals surface area (Å²) in [6.45, 7) is 3.13. The minimum absolute atomic E-state index is 0.358. The van der Waals surface area contributed by atoms with E-state index in [-0.39, 0.29) is 0 Å². The predicted molar refractivity (Wildman–Crippen MR) is 77.5 cm³/mol. The molecule has 1 aromatic rings. The van der Waals surface area contributed by atoms with Crippen LogP contribution in [0.5, 0.6) is 5.75 Å². The lowest BCUT2D eigenvalue weighted by Crippen LogP contribution is -2.51. The van der Waals surface area contributed by atoms with Crippen molar-refractivity contribution < 1.29 is 4.74 Å². The molecule has 1 aliphatic heterocycles. The van der Waals surface area contributed by atoms with Gasteiger partial charge < -0.3 is 10.1 Å². The maximum Gasteiger partial charge on any atom is 0.124 e. The zero-order valence-corrected chi connectivity index (χ0v) is 12.1. The van der Waals surface area contributed by atoms with Crippen molar-refractivity contribution in [2.45, 2.75) is 37.9 Å². The van der Waals surface area contributed by atoms with Gasteiger partial charge in [0.1, 0.15) is 12.4 Å². The van der Waals surface area contributed by atoms with Gasteiger partial charge in [0.25, 0.3) is 0 Å². The number of hydrogen-bond acceptors (Lipinski definition) is 3. The normalized spacial score (nSPS) is 27.8. The molecule has 19 heavy (non-hydrogen) atoms. The Morgan fingerprint density at radius 3 is 2.74 bits per heavy atom. The van der Waals surface area contributed by atoms with Gasteiger partial charge in [-0.25, -0.2) is 0 Å². The number of nitrogens with one attached hydrogen (secondary N) is 1. The number of ether oxygens (including phenoxy) is 1. The second-order valence-electron chi connectivity index (χ2n) is 5.93. The van der Waals surface area contributed by atoms with Crippen molar-refractivity contribution in [1.82, 2.24) is 10.2 Å². The standard InChI is InChI=1S/C16H24N2O/c1-11(12-8-9-12)18(3)14-10-19-15-7-5-4-6-13(15)16(14)17-2/h4-7,11-12,14,16-17H,8-10H2,1-3H3. The predicted octanol–water partition coefficient (Wildman–Crippen LogP) is 2.44. The van der Waals surface area contributed by atoms with Crippen LogP contribution in [0.1, 0.15) is 31.4 Å². The third kappa shape index (κ3) is 2.37. The summed E-state index contributed by atoms with van der Waals surface area (Å²) in [7, 11) is 4.30. The molecule has 1 N–H and O–H groups in total. The average molecular weight is 260 g/mol. The molecule has 3 unspecified atom stereocenters. The lowest BCUT2D eigenvalue weighted by atomic mass is 9.94. The summed E-state index contributed by atoms with van der Waals surface area (Å²) in [5, 5.41) is 3.48. The Kier molecular flexibility index (Phi) is 3.50. The third-order valence-corrected chi connectivity index (χ3v) is 4.83. The van der Waals surface area contributed by atoms with Crippen molar-refractivity contribution >= 4 is 0 Å². The summed E-state index contributed by atoms with van der Waals surface area (Å²) in [4.78, 5) is 2.51. The SMILES string of the molecule is CNC1c2ccccc2OCC1N(C)C(C)C1CC1. The maximum absolute atomic E-state index is 5.96. The van der Waals surface area contributed by atoms with E-state index in [9.17, 15) is 0 Å². The second kappa shape index (κ2) is 5.14. The molecule has 3 heteroatoms. The number of benzene rings is 1. The lowest BCUT2D eigenvalue weighted by Gasteiger charge is -2.41. The maximum atomic E-state index is 5.96. The lowest BCUT2D eigenvalue weighted by molar-refractivity contribution is 0.0743. The molecular weight excluding hydrogens is 236 g/mol. The number of hydrogen-bond donors (Lipinski definition) is 1. The fraction of sp³-hybridized carbons (Fsp3) is 0.625. The number of para-hydroxylation sites is 1. The molecule has 0 saturated heterocycles. The van der Waals surface area contributed by atoms with Crippen LogP contribution in [0.25, 0.3) is 0 Å². The van der Waals surface area contributed by atoms with Gasteiger partial charge in [-0.2, -0.15) is 0 Å². The Morgan fingerprint density at radius 2 is 2.05 bits per heavy atom. The van der Waals surface area contributed by atoms with Gasteiger partial charge in [0.05, 0.1) is 12.1 Å². The van der Waals surface area contributed by atoms with Crippen molar-refractivity contribution in [3.8, 4) is 5.75 Å². The van der Waals surface area contributed by atoms with Crippen LogP contribution >= 0.6 is 0 Å². The van der Waals surface area contributed by atoms with Gasteiger partial charge in [-0.1, -0.05) is 18.2 Å². The van der Waals surface area contributed by atoms with Crippen molar-refractivity contribution in [2.24, 2.45) is 5.92 Å². The van der Waals surface area contributed by atoms with Crippen LogP contribution in [-0.2, 0) is 0 Å². The van der Waals surface area contributed by atoms with Crippen molar-refractivity contribution in [3.05, 3.63) is 29.8 Å². The minimum atomic E-state index is 0.358. The summed E-state index contributed by atoms with van der Waals surface area (Å²) < 4.78 is 5.96. The Bertz CT molecular complexity index is 444. The van der Waals surface area contributed by atoms with E-state index >= 15 is 0 Å². The molecular formula is C16H24N2O. The van der Waals surface area contributed by atoms with Crippen LogP contribution in [0.4, 0.5) is 0 Å². The van der Waals surface area contributed by atoms with Crippen LogP contribution in [0.2, 0.25) is 0 Å². The first-order valence-electron chi connectivity index (χ1n) is 7.33. The van der Waals surface area contributed by atoms with Crippen LogP contribution in [-0.4, -0.2) is 37.7 Å². The van der Waals surface area contributed by atoms with E-state index in [2.05, 4.69) is 49.4 Å². The molecule has 0 spiro atoms. The highest BCUT2D eigenvalue weighted by Gasteiger charge is 2.38. The molecule has 0 amide bonds. The zero-order chi connectivity index (χ0) is 13.4. The fourth-order valence-electron chi connectivity index (χ4n) is 3.26. The Hall–Kier alpha value is -1.06. The first-order valence-corrected chi connectivity index (χ1v) is 7.33. The molecule has 1 aliphatic carbocycles. The van der Waals surface area contributed by atoms with E-state index < -0.39 is 0 Å². The smallest absolute Gasteiger partial charge is 0.124 e. The summed E-state index contributed by atoms with van der Waals surface area (Å²) >= 11 is 0. The van der Waals surface area contributed by atoms with E-state index in [0.29, 0.717) is 18.1 Å². The average Bonchev–Trinajstić information content (AvgIpc) is 3.29. The van der Waals surface area contributed by atoms with Gasteiger partial charge in [0, 0.05) is 11.6 Å². The van der Waals surface area contributed by atoms with Crippen molar-refractivity contribution in [3.63, 3.8) is 0 Å². The first-order chi connectivity index (χ1) is 9.22. The monoisotopic (exact) mass is 260 g/mol. The molecule has 3 rings (SSSR count). The Morgan fingerprint density at radius 1 is 1.32 bits per heavy atom. The molecule has 2 aliphatic rings. The molecule has 3 nitrogen and oxygen atoms in total. The summed E-state index contributed by atoms with van der Waals surface area (Å²) in [5.41, 5.74) is 1.29. The van der Waals surface area contributed by atoms with Crippen molar-refractivity contribution in [2.75, 3.05) is 20.7 Å². The van der Waals surface area contributed by atoms with Gasteiger partial charge in [-0.15, -0.1) is 0 Å². The van der Waals surface area contributed by atoms with Gasteiger partial charge >= 0.3 is 0 Å². The Balaban J connectivity index is 1.83. The minimum Gasteiger partial charge on any atom is -0.492 e. The molecule has 1 heterocycles. The highest BCUT2D eigenvalue weighted by molar-refractivity contribution is 5.38. The second-order valence-corrected chi connectivity index (χ2v) is 5.93. The molecule has 1 saturated carbocycles. The van der Waals surface area contributed by atoms with E-state index in [1.54, 1.807) is 0 Å². The van der Waals surface area contributed by atoms with E-state index in [1.807, 2.05) is 6.07 Å². The molecule has 0 radical (unpaired) electrons. The largest absolute Gasteiger partial charge is 0.492 e. The molecule has 104 valence electrons. The number of nitrogens with zero attached hydrogens (tertiary/aromatic N) is 1. The van der Waals surface area contributed by atoms with Crippen LogP contribution in [0.15, 0.2) is 24.3 Å². The number of likely N-dealkylation sites (N-methyl/N-ethyl adjacent to an activating group) is 2. The molecule has 3 atom stereocenters. The van der Waals surface area contributed by atoms with Gasteiger partial charge in [0.2, 0.25) is 0 Å². The fourth-order valence-corrected chi connectivity index (χ4v) is 3.26. The zero-order valence-electron chi connectivity index (χ0n) is 12.1. The van der Waals surface area contributed by atoms with Crippen molar-refractivity contribution in [1.29, 1.82) is 0 Å². The van der Waals surface area contributed by atoms with Crippen LogP contribution < -0.4 is 10.1 Å². The quantitative estimate of drug-likeness (QED) is 0.900. The first kappa shape index (κ1) is 12.9. The summed E-state index contributed by atoms with van der Waals surface area (Å²) in [5.74, 6) is 1.92. The molecule has 0 aromatic heterocycles. The topological polar surface area (TPSA) is 24.5 Å². The highest BCUT2D eigenvalue weighted by Crippen LogP contribution is 2.39. The van der Waals surface area contributed by atoms with E-state index in [1.165, 1.54) is 18.4 Å². The van der Waals surface area contributed by atoms with Gasteiger partial charge in [-0.05, 0) is 45.8 Å². The highest BCUT2D eigenvalue weighted by atomic mass is 16.5. The number of fused-ring (bicyclic) bond motifs is 1. The molecule has 0 bridgehead atoms. The molecule has 1 fully saturated rings.